The van der Waals surface area contributed by atoms with Crippen LogP contribution in [0.15, 0.2) is 0 Å². The Kier molecular flexibility index (Phi) is 4.89. The first-order chi connectivity index (χ1) is 4.66. The third-order valence-electron chi connectivity index (χ3n) is 1.17. The van der Waals surface area contributed by atoms with Crippen LogP contribution in [0.3, 0.4) is 0 Å². The van der Waals surface area contributed by atoms with E-state index in [9.17, 15) is 9.18 Å². The molecule has 0 aromatic rings. The predicted molar refractivity (Wildman–Crippen MR) is 38.5 cm³/mol. The highest BCUT2D eigenvalue weighted by Crippen LogP contribution is 1.98. The molecular formula is C7H14FNO. The van der Waals surface area contributed by atoms with E-state index in [0.717, 1.165) is 6.42 Å². The Morgan fingerprint density at radius 2 is 2.30 bits per heavy atom. The van der Waals surface area contributed by atoms with Crippen LogP contribution in [0.1, 0.15) is 26.7 Å². The van der Waals surface area contributed by atoms with Gasteiger partial charge in [0.25, 0.3) is 0 Å². The van der Waals surface area contributed by atoms with Crippen molar-refractivity contribution in [1.29, 1.82) is 0 Å². The van der Waals surface area contributed by atoms with Gasteiger partial charge in [-0.2, -0.15) is 0 Å². The Morgan fingerprint density at radius 3 is 2.70 bits per heavy atom. The summed E-state index contributed by atoms with van der Waals surface area (Å²) >= 11 is 0. The summed E-state index contributed by atoms with van der Waals surface area (Å²) in [6.07, 6.45) is 0.468. The smallest absolute Gasteiger partial charge is 0.216 e. The van der Waals surface area contributed by atoms with Gasteiger partial charge in [0, 0.05) is 13.5 Å². The molecule has 2 nitrogen and oxygen atoms in total. The van der Waals surface area contributed by atoms with E-state index < -0.39 is 6.17 Å². The molecule has 10 heavy (non-hydrogen) atoms. The van der Waals surface area contributed by atoms with Crippen LogP contribution in [0, 0.1) is 0 Å². The Hall–Kier alpha value is -0.600. The van der Waals surface area contributed by atoms with Crippen molar-refractivity contribution >= 4 is 5.91 Å². The van der Waals surface area contributed by atoms with Crippen molar-refractivity contribution in [1.82, 2.24) is 5.32 Å². The van der Waals surface area contributed by atoms with E-state index in [1.165, 1.54) is 6.92 Å². The fourth-order valence-electron chi connectivity index (χ4n) is 0.670. The molecule has 0 aliphatic rings. The van der Waals surface area contributed by atoms with Crippen LogP contribution in [0.2, 0.25) is 0 Å². The van der Waals surface area contributed by atoms with Crippen molar-refractivity contribution in [3.8, 4) is 0 Å². The van der Waals surface area contributed by atoms with Gasteiger partial charge in [0.05, 0.1) is 0 Å². The third-order valence-corrected chi connectivity index (χ3v) is 1.17. The molecule has 3 heteroatoms. The van der Waals surface area contributed by atoms with Gasteiger partial charge in [0.15, 0.2) is 0 Å². The summed E-state index contributed by atoms with van der Waals surface area (Å²) in [7, 11) is 0. The van der Waals surface area contributed by atoms with Gasteiger partial charge < -0.3 is 5.32 Å². The summed E-state index contributed by atoms with van der Waals surface area (Å²) in [6.45, 7) is 3.46. The van der Waals surface area contributed by atoms with E-state index in [1.54, 1.807) is 0 Å². The largest absolute Gasteiger partial charge is 0.353 e. The number of amides is 1. The molecule has 0 heterocycles. The number of rotatable bonds is 4. The van der Waals surface area contributed by atoms with E-state index in [1.807, 2.05) is 6.92 Å². The first kappa shape index (κ1) is 9.40. The van der Waals surface area contributed by atoms with E-state index in [4.69, 9.17) is 0 Å². The molecule has 60 valence electrons. The standard InChI is InChI=1S/C7H14FNO/c1-3-4-7(8)5-9-6(2)10/h7H,3-5H2,1-2H3,(H,9,10). The van der Waals surface area contributed by atoms with Gasteiger partial charge in [-0.25, -0.2) is 4.39 Å². The zero-order chi connectivity index (χ0) is 7.98. The normalized spacial score (nSPS) is 12.7. The van der Waals surface area contributed by atoms with Crippen LogP contribution in [0.4, 0.5) is 4.39 Å². The highest BCUT2D eigenvalue weighted by atomic mass is 19.1. The highest BCUT2D eigenvalue weighted by Gasteiger charge is 2.03. The first-order valence-electron chi connectivity index (χ1n) is 3.55. The number of nitrogens with one attached hydrogen (secondary N) is 1. The Morgan fingerprint density at radius 1 is 1.70 bits per heavy atom. The Balaban J connectivity index is 3.21. The van der Waals surface area contributed by atoms with Crippen LogP contribution >= 0.6 is 0 Å². The molecule has 1 amide bonds. The van der Waals surface area contributed by atoms with Crippen molar-refractivity contribution in [2.75, 3.05) is 6.54 Å². The number of hydrogen-bond acceptors (Lipinski definition) is 1. The summed E-state index contributed by atoms with van der Waals surface area (Å²) in [4.78, 5) is 10.3. The lowest BCUT2D eigenvalue weighted by Crippen LogP contribution is -2.27. The van der Waals surface area contributed by atoms with Crippen molar-refractivity contribution in [3.05, 3.63) is 0 Å². The molecule has 0 aliphatic heterocycles. The lowest BCUT2D eigenvalue weighted by molar-refractivity contribution is -0.119. The molecule has 0 aromatic carbocycles. The lowest BCUT2D eigenvalue weighted by atomic mass is 10.2. The maximum absolute atomic E-state index is 12.5. The number of alkyl halides is 1. The zero-order valence-electron chi connectivity index (χ0n) is 6.48. The van der Waals surface area contributed by atoms with E-state index in [0.29, 0.717) is 6.42 Å². The quantitative estimate of drug-likeness (QED) is 0.637. The molecule has 0 aliphatic carbocycles. The molecular weight excluding hydrogens is 133 g/mol. The summed E-state index contributed by atoms with van der Waals surface area (Å²) in [6, 6.07) is 0. The van der Waals surface area contributed by atoms with Gasteiger partial charge in [-0.05, 0) is 6.42 Å². The van der Waals surface area contributed by atoms with Crippen LogP contribution in [-0.2, 0) is 4.79 Å². The molecule has 0 fully saturated rings. The van der Waals surface area contributed by atoms with Gasteiger partial charge in [-0.3, -0.25) is 4.79 Å². The predicted octanol–water partition coefficient (Wildman–Crippen LogP) is 1.26. The van der Waals surface area contributed by atoms with Gasteiger partial charge in [-0.15, -0.1) is 0 Å². The minimum absolute atomic E-state index is 0.156. The van der Waals surface area contributed by atoms with Gasteiger partial charge in [0.1, 0.15) is 6.17 Å². The maximum Gasteiger partial charge on any atom is 0.216 e. The average molecular weight is 147 g/mol. The maximum atomic E-state index is 12.5. The fraction of sp³-hybridized carbons (Fsp3) is 0.857. The summed E-state index contributed by atoms with van der Waals surface area (Å²) in [5.41, 5.74) is 0. The van der Waals surface area contributed by atoms with Crippen molar-refractivity contribution in [2.45, 2.75) is 32.9 Å². The molecule has 0 aromatic heterocycles. The molecule has 1 unspecified atom stereocenters. The van der Waals surface area contributed by atoms with Crippen LogP contribution in [-0.4, -0.2) is 18.6 Å². The second-order valence-corrected chi connectivity index (χ2v) is 2.32. The van der Waals surface area contributed by atoms with Crippen molar-refractivity contribution in [2.24, 2.45) is 0 Å². The molecule has 1 atom stereocenters. The molecule has 1 N–H and O–H groups in total. The summed E-state index contributed by atoms with van der Waals surface area (Å²) < 4.78 is 12.5. The first-order valence-corrected chi connectivity index (χ1v) is 3.55. The Bertz CT molecular complexity index is 106. The number of hydrogen-bond donors (Lipinski definition) is 1. The Labute approximate surface area is 60.8 Å². The fourth-order valence-corrected chi connectivity index (χ4v) is 0.670. The molecule has 0 radical (unpaired) electrons. The van der Waals surface area contributed by atoms with Crippen molar-refractivity contribution in [3.63, 3.8) is 0 Å². The highest BCUT2D eigenvalue weighted by molar-refractivity contribution is 5.72. The molecule has 0 saturated heterocycles. The van der Waals surface area contributed by atoms with Gasteiger partial charge >= 0.3 is 0 Å². The molecule has 0 rings (SSSR count). The molecule has 0 saturated carbocycles. The third kappa shape index (κ3) is 5.54. The molecule has 0 bridgehead atoms. The van der Waals surface area contributed by atoms with Crippen LogP contribution < -0.4 is 5.32 Å². The van der Waals surface area contributed by atoms with Crippen molar-refractivity contribution < 1.29 is 9.18 Å². The van der Waals surface area contributed by atoms with E-state index in [2.05, 4.69) is 5.32 Å². The van der Waals surface area contributed by atoms with Crippen LogP contribution in [0.25, 0.3) is 0 Å². The SMILES string of the molecule is CCCC(F)CNC(C)=O. The van der Waals surface area contributed by atoms with Gasteiger partial charge in [-0.1, -0.05) is 13.3 Å². The average Bonchev–Trinajstić information content (AvgIpc) is 1.85. The lowest BCUT2D eigenvalue weighted by Gasteiger charge is -2.05. The number of carbonyl (C=O) groups is 1. The van der Waals surface area contributed by atoms with E-state index >= 15 is 0 Å². The van der Waals surface area contributed by atoms with Gasteiger partial charge in [0.2, 0.25) is 5.91 Å². The number of halogens is 1. The topological polar surface area (TPSA) is 29.1 Å². The number of carbonyl (C=O) groups excluding carboxylic acids is 1. The minimum atomic E-state index is -0.881. The molecule has 0 spiro atoms. The summed E-state index contributed by atoms with van der Waals surface area (Å²) in [5.74, 6) is -0.168. The monoisotopic (exact) mass is 147 g/mol. The zero-order valence-corrected chi connectivity index (χ0v) is 6.48. The van der Waals surface area contributed by atoms with E-state index in [-0.39, 0.29) is 12.5 Å². The second-order valence-electron chi connectivity index (χ2n) is 2.32. The second kappa shape index (κ2) is 5.21. The minimum Gasteiger partial charge on any atom is -0.353 e. The van der Waals surface area contributed by atoms with Crippen LogP contribution in [0.5, 0.6) is 0 Å². The summed E-state index contributed by atoms with van der Waals surface area (Å²) in [5, 5.41) is 2.42.